The summed E-state index contributed by atoms with van der Waals surface area (Å²) in [5, 5.41) is 4.05. The zero-order valence-electron chi connectivity index (χ0n) is 18.9. The van der Waals surface area contributed by atoms with Gasteiger partial charge in [0.25, 0.3) is 0 Å². The summed E-state index contributed by atoms with van der Waals surface area (Å²) in [6.45, 7) is 7.19. The summed E-state index contributed by atoms with van der Waals surface area (Å²) in [4.78, 5) is 4.93. The fraction of sp³-hybridized carbons (Fsp3) is 0.400. The molecular formula is C25H33NO4S. The van der Waals surface area contributed by atoms with Gasteiger partial charge < -0.3 is 14.3 Å². The van der Waals surface area contributed by atoms with Gasteiger partial charge in [-0.15, -0.1) is 0 Å². The molecule has 0 saturated carbocycles. The third-order valence-corrected chi connectivity index (χ3v) is 5.97. The van der Waals surface area contributed by atoms with E-state index in [1.807, 2.05) is 75.4 Å². The first-order valence-electron chi connectivity index (χ1n) is 10.5. The number of hydrogen-bond donors (Lipinski definition) is 0. The van der Waals surface area contributed by atoms with Gasteiger partial charge in [-0.2, -0.15) is 0 Å². The smallest absolute Gasteiger partial charge is 0.125 e. The summed E-state index contributed by atoms with van der Waals surface area (Å²) in [6.07, 6.45) is 5.61. The van der Waals surface area contributed by atoms with Crippen molar-refractivity contribution in [1.29, 1.82) is 0 Å². The molecule has 0 saturated heterocycles. The standard InChI is InChI=1S/C25H33NO4S/c1-5-6-14-29-23-17-20(2)25(21(3)18-23)30-15-10-11-16-31(27)19-24(26-28-4)22-12-8-7-9-13-22/h5-9,12-13,17-18H,10-11,14-16,19H2,1-4H3/b6-5+,26-24-. The van der Waals surface area contributed by atoms with Crippen LogP contribution in [0.1, 0.15) is 36.5 Å². The van der Waals surface area contributed by atoms with E-state index in [9.17, 15) is 4.21 Å². The van der Waals surface area contributed by atoms with Crippen LogP contribution in [0.15, 0.2) is 59.8 Å². The van der Waals surface area contributed by atoms with E-state index in [2.05, 4.69) is 5.16 Å². The van der Waals surface area contributed by atoms with Gasteiger partial charge >= 0.3 is 0 Å². The normalized spacial score (nSPS) is 12.7. The molecule has 2 aromatic carbocycles. The molecule has 0 radical (unpaired) electrons. The highest BCUT2D eigenvalue weighted by Gasteiger charge is 2.11. The van der Waals surface area contributed by atoms with Crippen molar-refractivity contribution in [3.05, 3.63) is 71.3 Å². The van der Waals surface area contributed by atoms with E-state index in [0.717, 1.165) is 41.0 Å². The van der Waals surface area contributed by atoms with Gasteiger partial charge in [-0.3, -0.25) is 4.21 Å². The molecule has 1 unspecified atom stereocenters. The molecule has 0 heterocycles. The first-order valence-corrected chi connectivity index (χ1v) is 12.0. The fourth-order valence-corrected chi connectivity index (χ4v) is 4.32. The molecule has 5 nitrogen and oxygen atoms in total. The second-order valence-corrected chi connectivity index (χ2v) is 8.77. The van der Waals surface area contributed by atoms with Gasteiger partial charge in [0.15, 0.2) is 0 Å². The van der Waals surface area contributed by atoms with Crippen LogP contribution in [0, 0.1) is 13.8 Å². The minimum absolute atomic E-state index is 0.381. The summed E-state index contributed by atoms with van der Waals surface area (Å²) >= 11 is 0. The summed E-state index contributed by atoms with van der Waals surface area (Å²) in [6, 6.07) is 13.7. The molecule has 0 bridgehead atoms. The van der Waals surface area contributed by atoms with Crippen LogP contribution in [0.25, 0.3) is 0 Å². The van der Waals surface area contributed by atoms with Crippen LogP contribution in [0.4, 0.5) is 0 Å². The predicted molar refractivity (Wildman–Crippen MR) is 129 cm³/mol. The highest BCUT2D eigenvalue weighted by atomic mass is 32.2. The van der Waals surface area contributed by atoms with Crippen LogP contribution >= 0.6 is 0 Å². The zero-order chi connectivity index (χ0) is 22.5. The quantitative estimate of drug-likeness (QED) is 0.184. The van der Waals surface area contributed by atoms with Crippen LogP contribution in [0.3, 0.4) is 0 Å². The maximum atomic E-state index is 12.5. The highest BCUT2D eigenvalue weighted by Crippen LogP contribution is 2.28. The highest BCUT2D eigenvalue weighted by molar-refractivity contribution is 7.85. The topological polar surface area (TPSA) is 57.1 Å². The number of ether oxygens (including phenoxy) is 2. The Morgan fingerprint density at radius 3 is 2.42 bits per heavy atom. The molecule has 31 heavy (non-hydrogen) atoms. The largest absolute Gasteiger partial charge is 0.493 e. The van der Waals surface area contributed by atoms with Crippen molar-refractivity contribution in [2.75, 3.05) is 31.8 Å². The lowest BCUT2D eigenvalue weighted by atomic mass is 10.1. The minimum Gasteiger partial charge on any atom is -0.493 e. The van der Waals surface area contributed by atoms with Crippen molar-refractivity contribution in [2.24, 2.45) is 5.16 Å². The van der Waals surface area contributed by atoms with Gasteiger partial charge in [-0.25, -0.2) is 0 Å². The summed E-state index contributed by atoms with van der Waals surface area (Å²) in [5.74, 6) is 2.74. The molecule has 0 amide bonds. The first kappa shape index (κ1) is 24.7. The van der Waals surface area contributed by atoms with Crippen molar-refractivity contribution in [2.45, 2.75) is 33.6 Å². The van der Waals surface area contributed by atoms with Crippen molar-refractivity contribution < 1.29 is 18.5 Å². The van der Waals surface area contributed by atoms with E-state index in [4.69, 9.17) is 14.3 Å². The van der Waals surface area contributed by atoms with E-state index >= 15 is 0 Å². The Kier molecular flexibility index (Phi) is 10.9. The maximum absolute atomic E-state index is 12.5. The Labute approximate surface area is 188 Å². The minimum atomic E-state index is -1.00. The number of unbranched alkanes of at least 4 members (excludes halogenated alkanes) is 1. The molecule has 2 rings (SSSR count). The molecule has 0 fully saturated rings. The maximum Gasteiger partial charge on any atom is 0.125 e. The summed E-state index contributed by atoms with van der Waals surface area (Å²) in [5.41, 5.74) is 3.76. The summed E-state index contributed by atoms with van der Waals surface area (Å²) in [7, 11) is 0.503. The number of rotatable bonds is 13. The number of aryl methyl sites for hydroxylation is 2. The van der Waals surface area contributed by atoms with Crippen molar-refractivity contribution in [3.8, 4) is 11.5 Å². The van der Waals surface area contributed by atoms with Gasteiger partial charge in [0.2, 0.25) is 0 Å². The second kappa shape index (κ2) is 13.7. The van der Waals surface area contributed by atoms with E-state index in [-0.39, 0.29) is 0 Å². The van der Waals surface area contributed by atoms with Gasteiger partial charge in [-0.1, -0.05) is 47.6 Å². The zero-order valence-corrected chi connectivity index (χ0v) is 19.7. The van der Waals surface area contributed by atoms with Crippen LogP contribution in [0.2, 0.25) is 0 Å². The molecule has 0 N–H and O–H groups in total. The van der Waals surface area contributed by atoms with Crippen LogP contribution < -0.4 is 9.47 Å². The molecular weight excluding hydrogens is 410 g/mol. The van der Waals surface area contributed by atoms with Gasteiger partial charge in [-0.05, 0) is 56.9 Å². The second-order valence-electron chi connectivity index (χ2n) is 7.20. The lowest BCUT2D eigenvalue weighted by Crippen LogP contribution is -2.15. The average molecular weight is 444 g/mol. The lowest BCUT2D eigenvalue weighted by Gasteiger charge is -2.14. The Bertz CT molecular complexity index is 871. The lowest BCUT2D eigenvalue weighted by molar-refractivity contribution is 0.213. The fourth-order valence-electron chi connectivity index (χ4n) is 3.13. The molecule has 0 spiro atoms. The van der Waals surface area contributed by atoms with Crippen molar-refractivity contribution in [1.82, 2.24) is 0 Å². The predicted octanol–water partition coefficient (Wildman–Crippen LogP) is 5.22. The third-order valence-electron chi connectivity index (χ3n) is 4.63. The number of nitrogens with zero attached hydrogens (tertiary/aromatic N) is 1. The monoisotopic (exact) mass is 443 g/mol. The first-order chi connectivity index (χ1) is 15.0. The van der Waals surface area contributed by atoms with Gasteiger partial charge in [0, 0.05) is 22.1 Å². The van der Waals surface area contributed by atoms with E-state index in [1.165, 1.54) is 7.11 Å². The number of hydrogen-bond acceptors (Lipinski definition) is 5. The SMILES string of the molecule is C/C=C/COc1cc(C)c(OCCCCS(=O)C/C(=N/OC)c2ccccc2)c(C)c1. The van der Waals surface area contributed by atoms with Crippen LogP contribution in [-0.4, -0.2) is 41.7 Å². The number of benzene rings is 2. The molecule has 2 aromatic rings. The van der Waals surface area contributed by atoms with E-state index in [1.54, 1.807) is 0 Å². The van der Waals surface area contributed by atoms with Gasteiger partial charge in [0.1, 0.15) is 25.2 Å². The Hall–Kier alpha value is -2.60. The average Bonchev–Trinajstić information content (AvgIpc) is 2.75. The summed E-state index contributed by atoms with van der Waals surface area (Å²) < 4.78 is 24.2. The molecule has 0 aliphatic carbocycles. The molecule has 1 atom stereocenters. The molecule has 0 aliphatic rings. The van der Waals surface area contributed by atoms with Crippen LogP contribution in [-0.2, 0) is 15.6 Å². The molecule has 6 heteroatoms. The molecule has 168 valence electrons. The van der Waals surface area contributed by atoms with Crippen LogP contribution in [0.5, 0.6) is 11.5 Å². The number of oxime groups is 1. The van der Waals surface area contributed by atoms with Gasteiger partial charge in [0.05, 0.1) is 18.1 Å². The van der Waals surface area contributed by atoms with Crippen molar-refractivity contribution >= 4 is 16.5 Å². The van der Waals surface area contributed by atoms with E-state index in [0.29, 0.717) is 30.4 Å². The van der Waals surface area contributed by atoms with E-state index < -0.39 is 10.8 Å². The molecule has 0 aromatic heterocycles. The Morgan fingerprint density at radius 1 is 1.06 bits per heavy atom. The van der Waals surface area contributed by atoms with Crippen molar-refractivity contribution in [3.63, 3.8) is 0 Å². The Morgan fingerprint density at radius 2 is 1.77 bits per heavy atom. The Balaban J connectivity index is 1.77. The molecule has 0 aliphatic heterocycles. The third kappa shape index (κ3) is 8.58. The number of allylic oxidation sites excluding steroid dienone is 1.